The molecule has 3 heteroatoms. The molecule has 3 heterocycles. The average molecular weight is 615 g/mol. The Bertz CT molecular complexity index is 2850. The maximum Gasteiger partial charge on any atom is 0.0973 e. The predicted octanol–water partition coefficient (Wildman–Crippen LogP) is 12.5. The van der Waals surface area contributed by atoms with Gasteiger partial charge in [-0.1, -0.05) is 140 Å². The quantitative estimate of drug-likeness (QED) is 0.185. The van der Waals surface area contributed by atoms with Crippen molar-refractivity contribution in [1.82, 2.24) is 9.97 Å². The van der Waals surface area contributed by atoms with E-state index in [1.165, 1.54) is 58.4 Å². The van der Waals surface area contributed by atoms with Crippen LogP contribution in [-0.4, -0.2) is 9.97 Å². The van der Waals surface area contributed by atoms with Crippen molar-refractivity contribution in [2.75, 3.05) is 0 Å². The summed E-state index contributed by atoms with van der Waals surface area (Å²) in [6.45, 7) is 0. The number of benzene rings is 7. The number of hydrogen-bond acceptors (Lipinski definition) is 3. The van der Waals surface area contributed by atoms with E-state index in [9.17, 15) is 0 Å². The Kier molecular flexibility index (Phi) is 5.78. The SMILES string of the molecule is c1ccc(-c2ccc(-c3cc(-c4nc5c(ccc6c7ccccc7sc65)c5ccccc45)nc4ccccc34)c3ccccc23)cc1. The topological polar surface area (TPSA) is 25.8 Å². The first-order valence-electron chi connectivity index (χ1n) is 15.9. The number of hydrogen-bond donors (Lipinski definition) is 0. The highest BCUT2D eigenvalue weighted by molar-refractivity contribution is 7.26. The molecule has 218 valence electrons. The van der Waals surface area contributed by atoms with Gasteiger partial charge in [0.1, 0.15) is 0 Å². The molecule has 0 unspecified atom stereocenters. The van der Waals surface area contributed by atoms with Gasteiger partial charge < -0.3 is 0 Å². The predicted molar refractivity (Wildman–Crippen MR) is 201 cm³/mol. The Morgan fingerprint density at radius 2 is 1.00 bits per heavy atom. The summed E-state index contributed by atoms with van der Waals surface area (Å²) < 4.78 is 2.50. The third-order valence-electron chi connectivity index (χ3n) is 9.47. The monoisotopic (exact) mass is 614 g/mol. The Labute approximate surface area is 275 Å². The molecule has 0 atom stereocenters. The van der Waals surface area contributed by atoms with Crippen molar-refractivity contribution in [3.63, 3.8) is 0 Å². The van der Waals surface area contributed by atoms with Crippen LogP contribution in [0.15, 0.2) is 158 Å². The van der Waals surface area contributed by atoms with Crippen molar-refractivity contribution in [2.24, 2.45) is 0 Å². The van der Waals surface area contributed by atoms with E-state index in [0.29, 0.717) is 0 Å². The lowest BCUT2D eigenvalue weighted by molar-refractivity contribution is 1.34. The Hall–Kier alpha value is -5.90. The number of rotatable bonds is 3. The summed E-state index contributed by atoms with van der Waals surface area (Å²) >= 11 is 1.82. The zero-order valence-electron chi connectivity index (χ0n) is 25.3. The molecular formula is C44H26N2S. The molecule has 0 aliphatic rings. The number of nitrogens with zero attached hydrogens (tertiary/aromatic N) is 2. The first-order chi connectivity index (χ1) is 23.3. The van der Waals surface area contributed by atoms with Crippen LogP contribution >= 0.6 is 11.3 Å². The van der Waals surface area contributed by atoms with Gasteiger partial charge in [-0.05, 0) is 56.6 Å². The molecule has 0 aliphatic heterocycles. The fourth-order valence-corrected chi connectivity index (χ4v) is 8.51. The molecule has 7 aromatic carbocycles. The second-order valence-electron chi connectivity index (χ2n) is 12.1. The van der Waals surface area contributed by atoms with Crippen LogP contribution < -0.4 is 0 Å². The first kappa shape index (κ1) is 26.3. The van der Waals surface area contributed by atoms with Crippen LogP contribution in [0.3, 0.4) is 0 Å². The van der Waals surface area contributed by atoms with Gasteiger partial charge in [-0.15, -0.1) is 11.3 Å². The summed E-state index contributed by atoms with van der Waals surface area (Å²) in [6, 6.07) is 56.5. The molecule has 47 heavy (non-hydrogen) atoms. The van der Waals surface area contributed by atoms with Gasteiger partial charge in [0, 0.05) is 31.6 Å². The normalized spacial score (nSPS) is 11.8. The summed E-state index contributed by atoms with van der Waals surface area (Å²) in [5.74, 6) is 0. The van der Waals surface area contributed by atoms with Gasteiger partial charge in [0.05, 0.1) is 27.1 Å². The van der Waals surface area contributed by atoms with Crippen LogP contribution in [-0.2, 0) is 0 Å². The summed E-state index contributed by atoms with van der Waals surface area (Å²) in [7, 11) is 0. The number of pyridine rings is 2. The van der Waals surface area contributed by atoms with Crippen LogP contribution in [0.2, 0.25) is 0 Å². The fraction of sp³-hybridized carbons (Fsp3) is 0. The second-order valence-corrected chi connectivity index (χ2v) is 13.1. The minimum absolute atomic E-state index is 0.881. The van der Waals surface area contributed by atoms with Crippen LogP contribution in [0, 0.1) is 0 Å². The highest BCUT2D eigenvalue weighted by atomic mass is 32.1. The number of fused-ring (bicyclic) bond motifs is 9. The molecule has 0 aliphatic carbocycles. The molecule has 0 radical (unpaired) electrons. The largest absolute Gasteiger partial charge is 0.246 e. The molecule has 0 fully saturated rings. The summed E-state index contributed by atoms with van der Waals surface area (Å²) in [5, 5.41) is 9.60. The van der Waals surface area contributed by atoms with Gasteiger partial charge >= 0.3 is 0 Å². The Morgan fingerprint density at radius 1 is 0.383 bits per heavy atom. The van der Waals surface area contributed by atoms with E-state index in [4.69, 9.17) is 9.97 Å². The molecule has 10 aromatic rings. The van der Waals surface area contributed by atoms with E-state index in [1.807, 2.05) is 11.3 Å². The van der Waals surface area contributed by atoms with Crippen molar-refractivity contribution in [3.8, 4) is 33.6 Å². The van der Waals surface area contributed by atoms with E-state index in [0.717, 1.165) is 38.8 Å². The number of aromatic nitrogens is 2. The van der Waals surface area contributed by atoms with Gasteiger partial charge in [0.2, 0.25) is 0 Å². The maximum absolute atomic E-state index is 5.50. The molecule has 0 saturated heterocycles. The molecule has 0 N–H and O–H groups in total. The van der Waals surface area contributed by atoms with Crippen molar-refractivity contribution in [1.29, 1.82) is 0 Å². The van der Waals surface area contributed by atoms with Crippen LogP contribution in [0.25, 0.3) is 97.2 Å². The lowest BCUT2D eigenvalue weighted by Crippen LogP contribution is -1.95. The molecule has 10 rings (SSSR count). The minimum Gasteiger partial charge on any atom is -0.246 e. The summed E-state index contributed by atoms with van der Waals surface area (Å²) in [4.78, 5) is 10.8. The van der Waals surface area contributed by atoms with Crippen molar-refractivity contribution >= 4 is 74.9 Å². The summed E-state index contributed by atoms with van der Waals surface area (Å²) in [6.07, 6.45) is 0. The Balaban J connectivity index is 1.28. The third kappa shape index (κ3) is 4.04. The van der Waals surface area contributed by atoms with Crippen LogP contribution in [0.1, 0.15) is 0 Å². The number of thiophene rings is 1. The average Bonchev–Trinajstić information content (AvgIpc) is 3.53. The van der Waals surface area contributed by atoms with Gasteiger partial charge in [0.15, 0.2) is 0 Å². The highest BCUT2D eigenvalue weighted by Crippen LogP contribution is 2.43. The van der Waals surface area contributed by atoms with Gasteiger partial charge in [-0.25, -0.2) is 9.97 Å². The van der Waals surface area contributed by atoms with E-state index < -0.39 is 0 Å². The van der Waals surface area contributed by atoms with Gasteiger partial charge in [0.25, 0.3) is 0 Å². The van der Waals surface area contributed by atoms with E-state index in [1.54, 1.807) is 0 Å². The van der Waals surface area contributed by atoms with Crippen LogP contribution in [0.4, 0.5) is 0 Å². The lowest BCUT2D eigenvalue weighted by atomic mass is 9.90. The maximum atomic E-state index is 5.50. The van der Waals surface area contributed by atoms with Crippen molar-refractivity contribution in [3.05, 3.63) is 158 Å². The fourth-order valence-electron chi connectivity index (χ4n) is 7.32. The van der Waals surface area contributed by atoms with Gasteiger partial charge in [-0.2, -0.15) is 0 Å². The van der Waals surface area contributed by atoms with E-state index in [2.05, 4.69) is 158 Å². The molecule has 0 saturated carbocycles. The molecule has 0 spiro atoms. The zero-order chi connectivity index (χ0) is 30.9. The molecule has 0 amide bonds. The third-order valence-corrected chi connectivity index (χ3v) is 10.7. The highest BCUT2D eigenvalue weighted by Gasteiger charge is 2.19. The summed E-state index contributed by atoms with van der Waals surface area (Å²) in [5.41, 5.74) is 8.59. The zero-order valence-corrected chi connectivity index (χ0v) is 26.1. The standard InChI is InChI=1S/C44H26N2S/c1-2-12-27(13-3-1)28-22-23-32(30-15-5-4-14-29(28)30)38-26-40(45-39-20-10-8-17-33(38)39)42-35-19-7-6-16-31(35)36-24-25-37-34-18-9-11-21-41(34)47-44(37)43(36)46-42/h1-26H. The smallest absolute Gasteiger partial charge is 0.0973 e. The van der Waals surface area contributed by atoms with E-state index >= 15 is 0 Å². The first-order valence-corrected chi connectivity index (χ1v) is 16.7. The van der Waals surface area contributed by atoms with Gasteiger partial charge in [-0.3, -0.25) is 0 Å². The molecule has 3 aromatic heterocycles. The number of para-hydroxylation sites is 1. The molecular weight excluding hydrogens is 589 g/mol. The molecule has 2 nitrogen and oxygen atoms in total. The Morgan fingerprint density at radius 3 is 1.83 bits per heavy atom. The molecule has 0 bridgehead atoms. The van der Waals surface area contributed by atoms with Crippen molar-refractivity contribution in [2.45, 2.75) is 0 Å². The van der Waals surface area contributed by atoms with Crippen LogP contribution in [0.5, 0.6) is 0 Å². The van der Waals surface area contributed by atoms with Crippen molar-refractivity contribution < 1.29 is 0 Å². The minimum atomic E-state index is 0.881. The second kappa shape index (κ2) is 10.3. The lowest BCUT2D eigenvalue weighted by Gasteiger charge is -2.16. The van der Waals surface area contributed by atoms with E-state index in [-0.39, 0.29) is 0 Å².